The van der Waals surface area contributed by atoms with Crippen LogP contribution in [-0.4, -0.2) is 37.5 Å². The van der Waals surface area contributed by atoms with Crippen molar-refractivity contribution in [2.75, 3.05) is 20.6 Å². The van der Waals surface area contributed by atoms with E-state index in [2.05, 4.69) is 30.1 Å². The lowest BCUT2D eigenvalue weighted by molar-refractivity contribution is -0.125. The second-order valence-electron chi connectivity index (χ2n) is 5.95. The maximum atomic E-state index is 12.0. The maximum absolute atomic E-state index is 12.0. The third kappa shape index (κ3) is 6.61. The Kier molecular flexibility index (Phi) is 7.61. The minimum absolute atomic E-state index is 0.0501. The number of carbonyl (C=O) groups is 1. The fraction of sp³-hybridized carbons (Fsp3) is 0.857. The SMILES string of the molecule is CC(C)CC(CN(C)C)NC(=O)C(C#N)C(C)C. The summed E-state index contributed by atoms with van der Waals surface area (Å²) < 4.78 is 0. The van der Waals surface area contributed by atoms with Gasteiger partial charge in [-0.15, -0.1) is 0 Å². The molecule has 0 aliphatic carbocycles. The van der Waals surface area contributed by atoms with E-state index in [1.807, 2.05) is 27.9 Å². The molecular formula is C14H27N3O. The minimum atomic E-state index is -0.554. The number of carbonyl (C=O) groups excluding carboxylic acids is 1. The van der Waals surface area contributed by atoms with E-state index in [-0.39, 0.29) is 17.9 Å². The molecule has 0 aromatic rings. The van der Waals surface area contributed by atoms with Crippen LogP contribution in [-0.2, 0) is 4.79 Å². The summed E-state index contributed by atoms with van der Waals surface area (Å²) in [5.41, 5.74) is 0. The Morgan fingerprint density at radius 3 is 2.17 bits per heavy atom. The van der Waals surface area contributed by atoms with Crippen LogP contribution in [0, 0.1) is 29.1 Å². The standard InChI is InChI=1S/C14H27N3O/c1-10(2)7-12(9-17(5)6)16-14(18)13(8-15)11(3)4/h10-13H,7,9H2,1-6H3,(H,16,18). The van der Waals surface area contributed by atoms with Crippen molar-refractivity contribution < 1.29 is 4.79 Å². The molecule has 0 rings (SSSR count). The van der Waals surface area contributed by atoms with E-state index in [1.54, 1.807) is 0 Å². The molecule has 0 aliphatic rings. The van der Waals surface area contributed by atoms with Crippen LogP contribution in [0.3, 0.4) is 0 Å². The zero-order valence-electron chi connectivity index (χ0n) is 12.5. The molecule has 0 bridgehead atoms. The van der Waals surface area contributed by atoms with Crippen molar-refractivity contribution in [1.82, 2.24) is 10.2 Å². The first-order valence-electron chi connectivity index (χ1n) is 6.62. The van der Waals surface area contributed by atoms with Crippen molar-refractivity contribution in [3.05, 3.63) is 0 Å². The second kappa shape index (κ2) is 8.10. The largest absolute Gasteiger partial charge is 0.351 e. The molecule has 2 unspecified atom stereocenters. The summed E-state index contributed by atoms with van der Waals surface area (Å²) in [6, 6.07) is 2.20. The van der Waals surface area contributed by atoms with Gasteiger partial charge in [0.15, 0.2) is 0 Å². The molecule has 0 saturated carbocycles. The smallest absolute Gasteiger partial charge is 0.237 e. The van der Waals surface area contributed by atoms with Crippen molar-refractivity contribution in [3.8, 4) is 6.07 Å². The Morgan fingerprint density at radius 2 is 1.83 bits per heavy atom. The number of hydrogen-bond acceptors (Lipinski definition) is 3. The van der Waals surface area contributed by atoms with Crippen molar-refractivity contribution in [3.63, 3.8) is 0 Å². The van der Waals surface area contributed by atoms with Gasteiger partial charge in [0, 0.05) is 12.6 Å². The van der Waals surface area contributed by atoms with E-state index >= 15 is 0 Å². The third-order valence-corrected chi connectivity index (χ3v) is 2.78. The van der Waals surface area contributed by atoms with E-state index < -0.39 is 5.92 Å². The van der Waals surface area contributed by atoms with Gasteiger partial charge < -0.3 is 10.2 Å². The summed E-state index contributed by atoms with van der Waals surface area (Å²) in [4.78, 5) is 14.1. The monoisotopic (exact) mass is 253 g/mol. The summed E-state index contributed by atoms with van der Waals surface area (Å²) in [6.45, 7) is 8.88. The van der Waals surface area contributed by atoms with Crippen LogP contribution in [0.1, 0.15) is 34.1 Å². The molecule has 1 N–H and O–H groups in total. The van der Waals surface area contributed by atoms with Gasteiger partial charge in [0.05, 0.1) is 6.07 Å². The first-order chi connectivity index (χ1) is 8.27. The average Bonchev–Trinajstić information content (AvgIpc) is 2.14. The van der Waals surface area contributed by atoms with Crippen LogP contribution >= 0.6 is 0 Å². The predicted octanol–water partition coefficient (Wildman–Crippen LogP) is 1.87. The van der Waals surface area contributed by atoms with Crippen molar-refractivity contribution in [1.29, 1.82) is 5.26 Å². The van der Waals surface area contributed by atoms with Crippen LogP contribution < -0.4 is 5.32 Å². The molecule has 0 saturated heterocycles. The molecule has 1 amide bonds. The number of nitriles is 1. The molecule has 4 heteroatoms. The highest BCUT2D eigenvalue weighted by molar-refractivity contribution is 5.81. The molecular weight excluding hydrogens is 226 g/mol. The molecule has 18 heavy (non-hydrogen) atoms. The number of amides is 1. The fourth-order valence-electron chi connectivity index (χ4n) is 1.99. The highest BCUT2D eigenvalue weighted by atomic mass is 16.1. The number of likely N-dealkylation sites (N-methyl/N-ethyl adjacent to an activating group) is 1. The topological polar surface area (TPSA) is 56.1 Å². The van der Waals surface area contributed by atoms with Gasteiger partial charge in [-0.3, -0.25) is 4.79 Å². The van der Waals surface area contributed by atoms with Crippen LogP contribution in [0.15, 0.2) is 0 Å². The quantitative estimate of drug-likeness (QED) is 0.753. The third-order valence-electron chi connectivity index (χ3n) is 2.78. The van der Waals surface area contributed by atoms with Gasteiger partial charge in [-0.05, 0) is 32.4 Å². The lowest BCUT2D eigenvalue weighted by Gasteiger charge is -2.25. The van der Waals surface area contributed by atoms with E-state index in [1.165, 1.54) is 0 Å². The van der Waals surface area contributed by atoms with Crippen LogP contribution in [0.4, 0.5) is 0 Å². The van der Waals surface area contributed by atoms with Gasteiger partial charge in [0.25, 0.3) is 0 Å². The van der Waals surface area contributed by atoms with E-state index in [0.29, 0.717) is 5.92 Å². The minimum Gasteiger partial charge on any atom is -0.351 e. The Bertz CT molecular complexity index is 282. The molecule has 0 spiro atoms. The Morgan fingerprint density at radius 1 is 1.28 bits per heavy atom. The van der Waals surface area contributed by atoms with E-state index in [4.69, 9.17) is 5.26 Å². The zero-order chi connectivity index (χ0) is 14.3. The summed E-state index contributed by atoms with van der Waals surface area (Å²) >= 11 is 0. The molecule has 0 heterocycles. The summed E-state index contributed by atoms with van der Waals surface area (Å²) in [6.07, 6.45) is 0.931. The molecule has 2 atom stereocenters. The molecule has 104 valence electrons. The Hall–Kier alpha value is -1.08. The van der Waals surface area contributed by atoms with Crippen molar-refractivity contribution in [2.45, 2.75) is 40.2 Å². The van der Waals surface area contributed by atoms with Crippen LogP contribution in [0.25, 0.3) is 0 Å². The number of nitrogens with zero attached hydrogens (tertiary/aromatic N) is 2. The van der Waals surface area contributed by atoms with Gasteiger partial charge in [0.1, 0.15) is 5.92 Å². The van der Waals surface area contributed by atoms with E-state index in [0.717, 1.165) is 13.0 Å². The lowest BCUT2D eigenvalue weighted by atomic mass is 9.95. The van der Waals surface area contributed by atoms with Gasteiger partial charge in [-0.2, -0.15) is 5.26 Å². The predicted molar refractivity (Wildman–Crippen MR) is 73.9 cm³/mol. The van der Waals surface area contributed by atoms with Crippen LogP contribution in [0.2, 0.25) is 0 Å². The zero-order valence-corrected chi connectivity index (χ0v) is 12.5. The molecule has 0 aliphatic heterocycles. The van der Waals surface area contributed by atoms with Crippen LogP contribution in [0.5, 0.6) is 0 Å². The average molecular weight is 253 g/mol. The number of hydrogen-bond donors (Lipinski definition) is 1. The first kappa shape index (κ1) is 16.9. The maximum Gasteiger partial charge on any atom is 0.237 e. The molecule has 0 aromatic heterocycles. The number of nitrogens with one attached hydrogen (secondary N) is 1. The summed E-state index contributed by atoms with van der Waals surface area (Å²) in [5.74, 6) is -0.120. The second-order valence-corrected chi connectivity index (χ2v) is 5.95. The first-order valence-corrected chi connectivity index (χ1v) is 6.62. The highest BCUT2D eigenvalue weighted by Crippen LogP contribution is 2.12. The fourth-order valence-corrected chi connectivity index (χ4v) is 1.99. The summed E-state index contributed by atoms with van der Waals surface area (Å²) in [7, 11) is 3.98. The van der Waals surface area contributed by atoms with E-state index in [9.17, 15) is 4.79 Å². The highest BCUT2D eigenvalue weighted by Gasteiger charge is 2.24. The summed E-state index contributed by atoms with van der Waals surface area (Å²) in [5, 5.41) is 12.0. The lowest BCUT2D eigenvalue weighted by Crippen LogP contribution is -2.45. The van der Waals surface area contributed by atoms with Gasteiger partial charge in [-0.1, -0.05) is 27.7 Å². The molecule has 0 aromatic carbocycles. The van der Waals surface area contributed by atoms with Gasteiger partial charge in [0.2, 0.25) is 5.91 Å². The number of rotatable bonds is 7. The molecule has 0 radical (unpaired) electrons. The van der Waals surface area contributed by atoms with Gasteiger partial charge in [-0.25, -0.2) is 0 Å². The Balaban J connectivity index is 4.56. The van der Waals surface area contributed by atoms with Gasteiger partial charge >= 0.3 is 0 Å². The molecule has 4 nitrogen and oxygen atoms in total. The molecule has 0 fully saturated rings. The van der Waals surface area contributed by atoms with Crippen molar-refractivity contribution in [2.24, 2.45) is 17.8 Å². The normalized spacial score (nSPS) is 14.7. The Labute approximate surface area is 111 Å². The van der Waals surface area contributed by atoms with Crippen molar-refractivity contribution >= 4 is 5.91 Å².